The van der Waals surface area contributed by atoms with Crippen LogP contribution >= 0.6 is 0 Å². The van der Waals surface area contributed by atoms with Crippen LogP contribution in [0.25, 0.3) is 143 Å². The molecule has 3 aromatic heterocycles. The van der Waals surface area contributed by atoms with Crippen LogP contribution in [0.3, 0.4) is 0 Å². The van der Waals surface area contributed by atoms with Gasteiger partial charge in [-0.1, -0.05) is 200 Å². The Bertz CT molecular complexity index is 4450. The summed E-state index contributed by atoms with van der Waals surface area (Å²) in [7, 11) is 0. The summed E-state index contributed by atoms with van der Waals surface area (Å²) in [5, 5.41) is 12.0. The summed E-state index contributed by atoms with van der Waals surface area (Å²) >= 11 is 0. The standard InChI is InChI=1S/C68H42N4/c1-3-16-43(17-4-1)49-38-50(44-18-5-2-6-19-44)40-51(39-49)71-64-31-15-24-47-32-34-58-54(35-37-65(71)67(58)66(47)64)48-33-36-63-59(41-48)57-27-11-12-30-62(57)72(63)68-69-60(55-28-13-22-45-20-7-9-25-52(45)55)42-61(70-68)56-29-14-23-46-21-8-10-26-53(46)56/h1-42H. The third-order valence-electron chi connectivity index (χ3n) is 14.9. The maximum absolute atomic E-state index is 5.49. The van der Waals surface area contributed by atoms with Crippen molar-refractivity contribution in [2.75, 3.05) is 0 Å². The molecule has 0 N–H and O–H groups in total. The van der Waals surface area contributed by atoms with Crippen LogP contribution < -0.4 is 0 Å². The Balaban J connectivity index is 0.934. The van der Waals surface area contributed by atoms with E-state index in [0.29, 0.717) is 5.95 Å². The molecule has 3 heterocycles. The van der Waals surface area contributed by atoms with Crippen molar-refractivity contribution < 1.29 is 0 Å². The van der Waals surface area contributed by atoms with Crippen LogP contribution in [-0.4, -0.2) is 19.1 Å². The third kappa shape index (κ3) is 6.26. The zero-order valence-electron chi connectivity index (χ0n) is 39.0. The first-order valence-corrected chi connectivity index (χ1v) is 24.6. The van der Waals surface area contributed by atoms with Crippen molar-refractivity contribution in [3.05, 3.63) is 255 Å². The van der Waals surface area contributed by atoms with Crippen LogP contribution in [0, 0.1) is 0 Å². The lowest BCUT2D eigenvalue weighted by atomic mass is 9.94. The van der Waals surface area contributed by atoms with Crippen LogP contribution in [0.5, 0.6) is 0 Å². The summed E-state index contributed by atoms with van der Waals surface area (Å²) in [6.45, 7) is 0. The lowest BCUT2D eigenvalue weighted by Gasteiger charge is -2.15. The molecule has 0 radical (unpaired) electrons. The average molecular weight is 915 g/mol. The fraction of sp³-hybridized carbons (Fsp3) is 0. The highest BCUT2D eigenvalue weighted by atomic mass is 15.2. The molecule has 4 nitrogen and oxygen atoms in total. The van der Waals surface area contributed by atoms with E-state index in [2.05, 4.69) is 264 Å². The number of fused-ring (bicyclic) bond motifs is 5. The molecule has 0 unspecified atom stereocenters. The van der Waals surface area contributed by atoms with Gasteiger partial charge in [0.05, 0.1) is 33.5 Å². The van der Waals surface area contributed by atoms with E-state index >= 15 is 0 Å². The molecule has 0 atom stereocenters. The monoisotopic (exact) mass is 914 g/mol. The van der Waals surface area contributed by atoms with E-state index in [9.17, 15) is 0 Å². The van der Waals surface area contributed by atoms with Crippen LogP contribution in [-0.2, 0) is 0 Å². The zero-order chi connectivity index (χ0) is 47.3. The predicted octanol–water partition coefficient (Wildman–Crippen LogP) is 17.9. The van der Waals surface area contributed by atoms with Gasteiger partial charge in [-0.15, -0.1) is 0 Å². The molecule has 0 aliphatic heterocycles. The SMILES string of the molecule is c1ccc(-c2cc(-c3ccccc3)cc(-n3c4cccc5ccc6c(-c7ccc8c(c7)c7ccccc7n8-c7nc(-c8cccc9ccccc89)cc(-c8cccc9ccccc89)n7)ccc3c6c54)c2)cc1. The Hall–Kier alpha value is -9.64. The molecule has 0 bridgehead atoms. The Morgan fingerprint density at radius 3 is 1.46 bits per heavy atom. The fourth-order valence-corrected chi connectivity index (χ4v) is 11.6. The lowest BCUT2D eigenvalue weighted by molar-refractivity contribution is 0.997. The molecular formula is C68H42N4. The van der Waals surface area contributed by atoms with Gasteiger partial charge in [-0.3, -0.25) is 4.57 Å². The maximum Gasteiger partial charge on any atom is 0.235 e. The highest BCUT2D eigenvalue weighted by molar-refractivity contribution is 6.27. The number of rotatable bonds is 7. The number of benzene rings is 12. The zero-order valence-corrected chi connectivity index (χ0v) is 39.0. The average Bonchev–Trinajstić information content (AvgIpc) is 3.98. The van der Waals surface area contributed by atoms with Crippen LogP contribution in [0.2, 0.25) is 0 Å². The van der Waals surface area contributed by atoms with Gasteiger partial charge < -0.3 is 4.57 Å². The Kier molecular flexibility index (Phi) is 8.92. The largest absolute Gasteiger partial charge is 0.309 e. The normalized spacial score (nSPS) is 11.9. The second-order valence-electron chi connectivity index (χ2n) is 18.9. The molecule has 0 amide bonds. The number of aromatic nitrogens is 4. The second-order valence-corrected chi connectivity index (χ2v) is 18.9. The minimum Gasteiger partial charge on any atom is -0.309 e. The van der Waals surface area contributed by atoms with E-state index < -0.39 is 0 Å². The van der Waals surface area contributed by atoms with Crippen molar-refractivity contribution in [3.8, 4) is 67.5 Å². The first kappa shape index (κ1) is 40.3. The van der Waals surface area contributed by atoms with Crippen LogP contribution in [0.1, 0.15) is 0 Å². The number of hydrogen-bond acceptors (Lipinski definition) is 2. The molecule has 334 valence electrons. The summed E-state index contributed by atoms with van der Waals surface area (Å²) in [6.07, 6.45) is 0. The van der Waals surface area contributed by atoms with Gasteiger partial charge in [-0.05, 0) is 120 Å². The van der Waals surface area contributed by atoms with E-state index in [1.807, 2.05) is 0 Å². The first-order valence-electron chi connectivity index (χ1n) is 24.6. The van der Waals surface area contributed by atoms with Crippen LogP contribution in [0.4, 0.5) is 0 Å². The van der Waals surface area contributed by atoms with Gasteiger partial charge >= 0.3 is 0 Å². The van der Waals surface area contributed by atoms with Gasteiger partial charge in [0.25, 0.3) is 0 Å². The van der Waals surface area contributed by atoms with E-state index in [1.54, 1.807) is 0 Å². The summed E-state index contributed by atoms with van der Waals surface area (Å²) in [5.74, 6) is 0.633. The third-order valence-corrected chi connectivity index (χ3v) is 14.9. The summed E-state index contributed by atoms with van der Waals surface area (Å²) in [4.78, 5) is 11.0. The smallest absolute Gasteiger partial charge is 0.235 e. The van der Waals surface area contributed by atoms with Crippen molar-refractivity contribution in [2.24, 2.45) is 0 Å². The van der Waals surface area contributed by atoms with E-state index in [4.69, 9.17) is 9.97 Å². The maximum atomic E-state index is 5.49. The Labute approximate surface area is 415 Å². The number of nitrogens with zero attached hydrogens (tertiary/aromatic N) is 4. The molecule has 4 heteroatoms. The molecule has 0 saturated heterocycles. The molecule has 72 heavy (non-hydrogen) atoms. The summed E-state index contributed by atoms with van der Waals surface area (Å²) in [6, 6.07) is 92.4. The summed E-state index contributed by atoms with van der Waals surface area (Å²) < 4.78 is 4.74. The molecule has 0 spiro atoms. The number of hydrogen-bond donors (Lipinski definition) is 0. The van der Waals surface area contributed by atoms with E-state index in [-0.39, 0.29) is 0 Å². The second kappa shape index (κ2) is 16.0. The van der Waals surface area contributed by atoms with Crippen molar-refractivity contribution >= 4 is 75.9 Å². The van der Waals surface area contributed by atoms with E-state index in [0.717, 1.165) is 66.3 Å². The van der Waals surface area contributed by atoms with Crippen molar-refractivity contribution in [3.63, 3.8) is 0 Å². The van der Waals surface area contributed by atoms with Gasteiger partial charge in [0.2, 0.25) is 5.95 Å². The molecule has 0 fully saturated rings. The van der Waals surface area contributed by atoms with Gasteiger partial charge in [0.1, 0.15) is 0 Å². The molecular weight excluding hydrogens is 873 g/mol. The molecule has 0 aliphatic carbocycles. The first-order chi connectivity index (χ1) is 35.7. The van der Waals surface area contributed by atoms with Gasteiger partial charge in [0, 0.05) is 38.4 Å². The molecule has 0 saturated carbocycles. The van der Waals surface area contributed by atoms with Crippen LogP contribution in [0.15, 0.2) is 255 Å². The highest BCUT2D eigenvalue weighted by Crippen LogP contribution is 2.45. The predicted molar refractivity (Wildman–Crippen MR) is 302 cm³/mol. The van der Waals surface area contributed by atoms with Gasteiger partial charge in [-0.25, -0.2) is 9.97 Å². The fourth-order valence-electron chi connectivity index (χ4n) is 11.6. The molecule has 15 aromatic rings. The highest BCUT2D eigenvalue weighted by Gasteiger charge is 2.23. The topological polar surface area (TPSA) is 35.6 Å². The van der Waals surface area contributed by atoms with Gasteiger partial charge in [0.15, 0.2) is 0 Å². The van der Waals surface area contributed by atoms with Crippen molar-refractivity contribution in [2.45, 2.75) is 0 Å². The molecule has 12 aromatic carbocycles. The van der Waals surface area contributed by atoms with E-state index in [1.165, 1.54) is 71.2 Å². The minimum absolute atomic E-state index is 0.633. The minimum atomic E-state index is 0.633. The Morgan fingerprint density at radius 2 is 0.778 bits per heavy atom. The van der Waals surface area contributed by atoms with Crippen molar-refractivity contribution in [1.82, 2.24) is 19.1 Å². The van der Waals surface area contributed by atoms with Gasteiger partial charge in [-0.2, -0.15) is 0 Å². The quantitative estimate of drug-likeness (QED) is 0.149. The lowest BCUT2D eigenvalue weighted by Crippen LogP contribution is -2.04. The Morgan fingerprint density at radius 1 is 0.250 bits per heavy atom. The molecule has 0 aliphatic rings. The van der Waals surface area contributed by atoms with Crippen molar-refractivity contribution in [1.29, 1.82) is 0 Å². The summed E-state index contributed by atoms with van der Waals surface area (Å²) in [5.41, 5.74) is 16.6. The molecule has 15 rings (SSSR count). The number of para-hydroxylation sites is 1.